The number of hydrogen-bond acceptors (Lipinski definition) is 3. The van der Waals surface area contributed by atoms with Gasteiger partial charge in [0.05, 0.1) is 28.0 Å². The van der Waals surface area contributed by atoms with Gasteiger partial charge in [-0.3, -0.25) is 14.2 Å². The molecular weight excluding hydrogens is 458 g/mol. The Kier molecular flexibility index (Phi) is 6.17. The van der Waals surface area contributed by atoms with Gasteiger partial charge in [-0.1, -0.05) is 78.3 Å². The fraction of sp³-hybridized carbons (Fsp3) is 0.0690. The Morgan fingerprint density at radius 2 is 1.57 bits per heavy atom. The minimum atomic E-state index is -0.339. The fourth-order valence-electron chi connectivity index (χ4n) is 4.06. The molecule has 0 unspecified atom stereocenters. The molecule has 0 bridgehead atoms. The molecule has 5 aromatic rings. The van der Waals surface area contributed by atoms with Crippen LogP contribution in [0.25, 0.3) is 22.0 Å². The third-order valence-corrected chi connectivity index (χ3v) is 6.25. The van der Waals surface area contributed by atoms with Gasteiger partial charge in [0, 0.05) is 5.69 Å². The van der Waals surface area contributed by atoms with Crippen LogP contribution in [0.3, 0.4) is 0 Å². The van der Waals surface area contributed by atoms with E-state index in [0.717, 1.165) is 16.7 Å². The lowest BCUT2D eigenvalue weighted by Gasteiger charge is -2.13. The normalized spacial score (nSPS) is 10.9. The molecular formula is C29H22ClN3O2. The number of halogens is 1. The van der Waals surface area contributed by atoms with Gasteiger partial charge in [-0.05, 0) is 53.9 Å². The standard InChI is InChI=1S/C29H22ClN3O2/c1-19-31-27-16-15-23(32-28(34)24-9-5-6-10-26(24)30)17-25(27)29(35)33(19)18-20-11-13-22(14-12-20)21-7-3-2-4-8-21/h2-17H,18H2,1H3,(H,32,34). The van der Waals surface area contributed by atoms with Gasteiger partial charge < -0.3 is 5.32 Å². The predicted octanol–water partition coefficient (Wildman–Crippen LogP) is 6.33. The van der Waals surface area contributed by atoms with Gasteiger partial charge in [0.1, 0.15) is 5.82 Å². The molecule has 0 aliphatic heterocycles. The number of aromatic nitrogens is 2. The Labute approximate surface area is 207 Å². The molecule has 0 saturated carbocycles. The second-order valence-corrected chi connectivity index (χ2v) is 8.69. The topological polar surface area (TPSA) is 64.0 Å². The molecule has 0 atom stereocenters. The first kappa shape index (κ1) is 22.6. The number of nitrogens with one attached hydrogen (secondary N) is 1. The van der Waals surface area contributed by atoms with E-state index < -0.39 is 0 Å². The minimum Gasteiger partial charge on any atom is -0.322 e. The van der Waals surface area contributed by atoms with Gasteiger partial charge in [-0.2, -0.15) is 0 Å². The first-order valence-corrected chi connectivity index (χ1v) is 11.6. The molecule has 1 amide bonds. The Bertz CT molecular complexity index is 1590. The number of nitrogens with zero attached hydrogens (tertiary/aromatic N) is 2. The van der Waals surface area contributed by atoms with Crippen molar-refractivity contribution in [3.63, 3.8) is 0 Å². The van der Waals surface area contributed by atoms with Crippen molar-refractivity contribution >= 4 is 34.1 Å². The number of carbonyl (C=O) groups excluding carboxylic acids is 1. The summed E-state index contributed by atoms with van der Waals surface area (Å²) in [4.78, 5) is 30.7. The summed E-state index contributed by atoms with van der Waals surface area (Å²) in [5, 5.41) is 3.63. The average Bonchev–Trinajstić information content (AvgIpc) is 2.88. The highest BCUT2D eigenvalue weighted by atomic mass is 35.5. The van der Waals surface area contributed by atoms with Crippen molar-refractivity contribution < 1.29 is 4.79 Å². The van der Waals surface area contributed by atoms with Crippen LogP contribution in [-0.4, -0.2) is 15.5 Å². The summed E-state index contributed by atoms with van der Waals surface area (Å²) < 4.78 is 1.65. The van der Waals surface area contributed by atoms with E-state index in [1.807, 2.05) is 37.3 Å². The number of fused-ring (bicyclic) bond motifs is 1. The summed E-state index contributed by atoms with van der Waals surface area (Å²) in [7, 11) is 0. The average molecular weight is 480 g/mol. The van der Waals surface area contributed by atoms with Crippen molar-refractivity contribution in [1.82, 2.24) is 9.55 Å². The molecule has 0 spiro atoms. The molecule has 0 saturated heterocycles. The molecule has 172 valence electrons. The lowest BCUT2D eigenvalue weighted by atomic mass is 10.0. The summed E-state index contributed by atoms with van der Waals surface area (Å²) in [6.07, 6.45) is 0. The monoisotopic (exact) mass is 479 g/mol. The lowest BCUT2D eigenvalue weighted by molar-refractivity contribution is 0.102. The van der Waals surface area contributed by atoms with Crippen molar-refractivity contribution in [1.29, 1.82) is 0 Å². The molecule has 5 rings (SSSR count). The number of carbonyl (C=O) groups is 1. The summed E-state index contributed by atoms with van der Waals surface area (Å²) in [6.45, 7) is 2.23. The second kappa shape index (κ2) is 9.57. The highest BCUT2D eigenvalue weighted by molar-refractivity contribution is 6.34. The van der Waals surface area contributed by atoms with Crippen LogP contribution in [0.15, 0.2) is 102 Å². The van der Waals surface area contributed by atoms with Crippen molar-refractivity contribution in [2.75, 3.05) is 5.32 Å². The number of benzene rings is 4. The zero-order valence-electron chi connectivity index (χ0n) is 19.0. The van der Waals surface area contributed by atoms with Crippen molar-refractivity contribution in [2.45, 2.75) is 13.5 Å². The van der Waals surface area contributed by atoms with E-state index in [4.69, 9.17) is 11.6 Å². The molecule has 1 aromatic heterocycles. The van der Waals surface area contributed by atoms with E-state index >= 15 is 0 Å². The molecule has 1 N–H and O–H groups in total. The van der Waals surface area contributed by atoms with E-state index in [-0.39, 0.29) is 11.5 Å². The SMILES string of the molecule is Cc1nc2ccc(NC(=O)c3ccccc3Cl)cc2c(=O)n1Cc1ccc(-c2ccccc2)cc1. The Morgan fingerprint density at radius 3 is 2.31 bits per heavy atom. The highest BCUT2D eigenvalue weighted by Gasteiger charge is 2.13. The van der Waals surface area contributed by atoms with Crippen molar-refractivity contribution in [2.24, 2.45) is 0 Å². The maximum Gasteiger partial charge on any atom is 0.261 e. The van der Waals surface area contributed by atoms with Crippen LogP contribution >= 0.6 is 11.6 Å². The Balaban J connectivity index is 1.44. The van der Waals surface area contributed by atoms with E-state index in [1.165, 1.54) is 0 Å². The lowest BCUT2D eigenvalue weighted by Crippen LogP contribution is -2.24. The maximum atomic E-state index is 13.4. The van der Waals surface area contributed by atoms with Crippen LogP contribution in [0.2, 0.25) is 5.02 Å². The van der Waals surface area contributed by atoms with E-state index in [0.29, 0.717) is 39.5 Å². The zero-order chi connectivity index (χ0) is 24.4. The van der Waals surface area contributed by atoms with Crippen LogP contribution in [0, 0.1) is 6.92 Å². The van der Waals surface area contributed by atoms with Gasteiger partial charge in [0.15, 0.2) is 0 Å². The number of amides is 1. The fourth-order valence-corrected chi connectivity index (χ4v) is 4.28. The highest BCUT2D eigenvalue weighted by Crippen LogP contribution is 2.21. The summed E-state index contributed by atoms with van der Waals surface area (Å²) >= 11 is 6.14. The van der Waals surface area contributed by atoms with Crippen molar-refractivity contribution in [3.8, 4) is 11.1 Å². The van der Waals surface area contributed by atoms with Crippen molar-refractivity contribution in [3.05, 3.63) is 129 Å². The molecule has 35 heavy (non-hydrogen) atoms. The molecule has 1 heterocycles. The maximum absolute atomic E-state index is 13.4. The Hall–Kier alpha value is -4.22. The minimum absolute atomic E-state index is 0.159. The van der Waals surface area contributed by atoms with Crippen LogP contribution in [0.5, 0.6) is 0 Å². The molecule has 5 nitrogen and oxygen atoms in total. The molecule has 6 heteroatoms. The van der Waals surface area contributed by atoms with E-state index in [1.54, 1.807) is 47.0 Å². The summed E-state index contributed by atoms with van der Waals surface area (Å²) in [5.41, 5.74) is 4.56. The largest absolute Gasteiger partial charge is 0.322 e. The molecule has 0 radical (unpaired) electrons. The molecule has 0 aliphatic rings. The smallest absolute Gasteiger partial charge is 0.261 e. The van der Waals surface area contributed by atoms with Crippen LogP contribution < -0.4 is 10.9 Å². The van der Waals surface area contributed by atoms with Gasteiger partial charge in [0.25, 0.3) is 11.5 Å². The Morgan fingerprint density at radius 1 is 0.886 bits per heavy atom. The predicted molar refractivity (Wildman–Crippen MR) is 141 cm³/mol. The van der Waals surface area contributed by atoms with E-state index in [2.05, 4.69) is 34.6 Å². The third kappa shape index (κ3) is 4.72. The number of hydrogen-bond donors (Lipinski definition) is 1. The quantitative estimate of drug-likeness (QED) is 0.320. The van der Waals surface area contributed by atoms with Gasteiger partial charge in [-0.25, -0.2) is 4.98 Å². The van der Waals surface area contributed by atoms with Crippen LogP contribution in [0.1, 0.15) is 21.7 Å². The molecule has 0 fully saturated rings. The summed E-state index contributed by atoms with van der Waals surface area (Å²) in [5.74, 6) is 0.288. The number of rotatable bonds is 5. The molecule has 0 aliphatic carbocycles. The van der Waals surface area contributed by atoms with Gasteiger partial charge >= 0.3 is 0 Å². The van der Waals surface area contributed by atoms with E-state index in [9.17, 15) is 9.59 Å². The second-order valence-electron chi connectivity index (χ2n) is 8.28. The number of aryl methyl sites for hydroxylation is 1. The van der Waals surface area contributed by atoms with Gasteiger partial charge in [0.2, 0.25) is 0 Å². The third-order valence-electron chi connectivity index (χ3n) is 5.92. The van der Waals surface area contributed by atoms with Gasteiger partial charge in [-0.15, -0.1) is 0 Å². The van der Waals surface area contributed by atoms with Crippen LogP contribution in [0.4, 0.5) is 5.69 Å². The first-order valence-electron chi connectivity index (χ1n) is 11.2. The summed E-state index contributed by atoms with van der Waals surface area (Å²) in [6, 6.07) is 30.3. The van der Waals surface area contributed by atoms with Crippen LogP contribution in [-0.2, 0) is 6.54 Å². The first-order chi connectivity index (χ1) is 17.0. The zero-order valence-corrected chi connectivity index (χ0v) is 19.8. The number of anilines is 1. The molecule has 4 aromatic carbocycles.